The van der Waals surface area contributed by atoms with Crippen LogP contribution >= 0.6 is 0 Å². The van der Waals surface area contributed by atoms with Gasteiger partial charge in [0, 0.05) is 5.54 Å². The fraction of sp³-hybridized carbons (Fsp3) is 0.500. The van der Waals surface area contributed by atoms with Crippen LogP contribution in [0.4, 0.5) is 0 Å². The highest BCUT2D eigenvalue weighted by Gasteiger charge is 2.37. The van der Waals surface area contributed by atoms with Gasteiger partial charge in [-0.3, -0.25) is 0 Å². The number of benzene rings is 1. The molecule has 0 bridgehead atoms. The largest absolute Gasteiger partial charge is 0.508 e. The van der Waals surface area contributed by atoms with Crippen LogP contribution in [0.25, 0.3) is 0 Å². The Morgan fingerprint density at radius 2 is 1.82 bits per heavy atom. The van der Waals surface area contributed by atoms with E-state index in [1.165, 1.54) is 24.3 Å². The van der Waals surface area contributed by atoms with Crippen LogP contribution in [0.5, 0.6) is 5.75 Å². The lowest BCUT2D eigenvalue weighted by Crippen LogP contribution is -2.22. The molecule has 0 radical (unpaired) electrons. The van der Waals surface area contributed by atoms with Crippen molar-refractivity contribution in [3.05, 3.63) is 24.3 Å². The van der Waals surface area contributed by atoms with Crippen LogP contribution in [0.2, 0.25) is 0 Å². The Kier molecular flexibility index (Phi) is 3.14. The van der Waals surface area contributed by atoms with E-state index in [4.69, 9.17) is 10.8 Å². The third kappa shape index (κ3) is 3.20. The van der Waals surface area contributed by atoms with Crippen LogP contribution < -0.4 is 5.73 Å². The predicted octanol–water partition coefficient (Wildman–Crippen LogP) is 1.44. The standard InChI is InChI=1S/C12H17NO3S/c13-12(7-8-12)6-1-9-17(15,16)11-4-2-10(14)3-5-11/h2-5,14H,1,6-9,13H2. The molecule has 1 aromatic rings. The maximum absolute atomic E-state index is 11.9. The molecule has 94 valence electrons. The van der Waals surface area contributed by atoms with Crippen molar-refractivity contribution in [1.29, 1.82) is 0 Å². The van der Waals surface area contributed by atoms with Gasteiger partial charge in [0.1, 0.15) is 5.75 Å². The molecule has 0 saturated heterocycles. The zero-order chi connectivity index (χ0) is 12.5. The number of phenols is 1. The van der Waals surface area contributed by atoms with E-state index in [0.717, 1.165) is 19.3 Å². The Bertz CT molecular complexity index is 489. The molecule has 0 spiro atoms. The van der Waals surface area contributed by atoms with Gasteiger partial charge in [0.15, 0.2) is 9.84 Å². The third-order valence-corrected chi connectivity index (χ3v) is 4.99. The number of aromatic hydroxyl groups is 1. The Morgan fingerprint density at radius 1 is 1.24 bits per heavy atom. The van der Waals surface area contributed by atoms with E-state index in [-0.39, 0.29) is 21.9 Å². The van der Waals surface area contributed by atoms with Crippen molar-refractivity contribution < 1.29 is 13.5 Å². The van der Waals surface area contributed by atoms with Gasteiger partial charge in [0.25, 0.3) is 0 Å². The van der Waals surface area contributed by atoms with Gasteiger partial charge < -0.3 is 10.8 Å². The summed E-state index contributed by atoms with van der Waals surface area (Å²) >= 11 is 0. The minimum atomic E-state index is -3.24. The fourth-order valence-electron chi connectivity index (χ4n) is 1.80. The molecule has 1 aliphatic carbocycles. The Balaban J connectivity index is 1.96. The van der Waals surface area contributed by atoms with Crippen LogP contribution in [0.15, 0.2) is 29.2 Å². The van der Waals surface area contributed by atoms with Gasteiger partial charge in [-0.2, -0.15) is 0 Å². The summed E-state index contributed by atoms with van der Waals surface area (Å²) in [4.78, 5) is 0.261. The normalized spacial score (nSPS) is 17.9. The molecule has 0 aromatic heterocycles. The average Bonchev–Trinajstić information content (AvgIpc) is 2.97. The van der Waals surface area contributed by atoms with Crippen LogP contribution in [0, 0.1) is 0 Å². The number of hydrogen-bond donors (Lipinski definition) is 2. The van der Waals surface area contributed by atoms with Gasteiger partial charge in [0.2, 0.25) is 0 Å². The smallest absolute Gasteiger partial charge is 0.178 e. The van der Waals surface area contributed by atoms with E-state index in [9.17, 15) is 8.42 Å². The lowest BCUT2D eigenvalue weighted by atomic mass is 10.1. The highest BCUT2D eigenvalue weighted by atomic mass is 32.2. The monoisotopic (exact) mass is 255 g/mol. The van der Waals surface area contributed by atoms with E-state index in [1.807, 2.05) is 0 Å². The second kappa shape index (κ2) is 4.31. The number of nitrogens with two attached hydrogens (primary N) is 1. The first-order valence-electron chi connectivity index (χ1n) is 5.72. The maximum Gasteiger partial charge on any atom is 0.178 e. The van der Waals surface area contributed by atoms with Crippen molar-refractivity contribution in [2.75, 3.05) is 5.75 Å². The quantitative estimate of drug-likeness (QED) is 0.834. The maximum atomic E-state index is 11.9. The minimum Gasteiger partial charge on any atom is -0.508 e. The summed E-state index contributed by atoms with van der Waals surface area (Å²) in [6.45, 7) is 0. The van der Waals surface area contributed by atoms with Crippen molar-refractivity contribution in [2.24, 2.45) is 5.73 Å². The van der Waals surface area contributed by atoms with Crippen LogP contribution in [-0.4, -0.2) is 24.8 Å². The van der Waals surface area contributed by atoms with Gasteiger partial charge in [0.05, 0.1) is 10.6 Å². The summed E-state index contributed by atoms with van der Waals surface area (Å²) in [6, 6.07) is 5.64. The second-order valence-corrected chi connectivity index (χ2v) is 6.89. The summed E-state index contributed by atoms with van der Waals surface area (Å²) in [7, 11) is -3.24. The first-order valence-corrected chi connectivity index (χ1v) is 7.37. The fourth-order valence-corrected chi connectivity index (χ4v) is 3.11. The number of phenolic OH excluding ortho intramolecular Hbond substituents is 1. The minimum absolute atomic E-state index is 0.0721. The molecule has 1 fully saturated rings. The van der Waals surface area contributed by atoms with Crippen LogP contribution in [0.3, 0.4) is 0 Å². The van der Waals surface area contributed by atoms with E-state index < -0.39 is 9.84 Å². The van der Waals surface area contributed by atoms with Crippen molar-refractivity contribution >= 4 is 9.84 Å². The molecule has 5 heteroatoms. The molecule has 3 N–H and O–H groups in total. The zero-order valence-corrected chi connectivity index (χ0v) is 10.4. The Labute approximate surface area is 101 Å². The highest BCUT2D eigenvalue weighted by molar-refractivity contribution is 7.91. The second-order valence-electron chi connectivity index (χ2n) is 4.78. The molecular formula is C12H17NO3S. The summed E-state index contributed by atoms with van der Waals surface area (Å²) < 4.78 is 23.9. The van der Waals surface area contributed by atoms with Gasteiger partial charge in [-0.1, -0.05) is 0 Å². The van der Waals surface area contributed by atoms with E-state index in [0.29, 0.717) is 6.42 Å². The molecule has 2 rings (SSSR count). The first kappa shape index (κ1) is 12.4. The highest BCUT2D eigenvalue weighted by Crippen LogP contribution is 2.36. The summed E-state index contributed by atoms with van der Waals surface area (Å²) in [5.74, 6) is 0.194. The van der Waals surface area contributed by atoms with Crippen molar-refractivity contribution in [1.82, 2.24) is 0 Å². The molecule has 0 unspecified atom stereocenters. The van der Waals surface area contributed by atoms with E-state index in [1.54, 1.807) is 0 Å². The lowest BCUT2D eigenvalue weighted by molar-refractivity contribution is 0.475. The molecule has 4 nitrogen and oxygen atoms in total. The Morgan fingerprint density at radius 3 is 2.35 bits per heavy atom. The van der Waals surface area contributed by atoms with Gasteiger partial charge >= 0.3 is 0 Å². The Hall–Kier alpha value is -1.07. The molecule has 1 aromatic carbocycles. The molecule has 0 heterocycles. The first-order chi connectivity index (χ1) is 7.91. The zero-order valence-electron chi connectivity index (χ0n) is 9.59. The number of hydrogen-bond acceptors (Lipinski definition) is 4. The molecule has 0 aliphatic heterocycles. The van der Waals surface area contributed by atoms with Crippen molar-refractivity contribution in [3.8, 4) is 5.75 Å². The van der Waals surface area contributed by atoms with E-state index in [2.05, 4.69) is 0 Å². The van der Waals surface area contributed by atoms with Crippen LogP contribution in [-0.2, 0) is 9.84 Å². The topological polar surface area (TPSA) is 80.4 Å². The summed E-state index contributed by atoms with van der Waals surface area (Å²) in [5.41, 5.74) is 5.81. The van der Waals surface area contributed by atoms with Crippen molar-refractivity contribution in [2.45, 2.75) is 36.1 Å². The number of rotatable bonds is 5. The van der Waals surface area contributed by atoms with Gasteiger partial charge in [-0.25, -0.2) is 8.42 Å². The summed E-state index contributed by atoms with van der Waals surface area (Å²) in [5, 5.41) is 9.10. The average molecular weight is 255 g/mol. The molecule has 0 atom stereocenters. The third-order valence-electron chi connectivity index (χ3n) is 3.18. The van der Waals surface area contributed by atoms with Crippen molar-refractivity contribution in [3.63, 3.8) is 0 Å². The van der Waals surface area contributed by atoms with Crippen LogP contribution in [0.1, 0.15) is 25.7 Å². The van der Waals surface area contributed by atoms with Gasteiger partial charge in [-0.15, -0.1) is 0 Å². The lowest BCUT2D eigenvalue weighted by Gasteiger charge is -2.08. The molecular weight excluding hydrogens is 238 g/mol. The molecule has 1 aliphatic rings. The van der Waals surface area contributed by atoms with Gasteiger partial charge in [-0.05, 0) is 49.9 Å². The molecule has 1 saturated carbocycles. The molecule has 0 amide bonds. The van der Waals surface area contributed by atoms with E-state index >= 15 is 0 Å². The molecule has 17 heavy (non-hydrogen) atoms. The predicted molar refractivity (Wildman–Crippen MR) is 65.5 cm³/mol. The SMILES string of the molecule is NC1(CCCS(=O)(=O)c2ccc(O)cc2)CC1. The number of sulfone groups is 1. The summed E-state index contributed by atoms with van der Waals surface area (Å²) in [6.07, 6.45) is 3.38.